The molecular formula is C33H40O2P2. The molecule has 0 unspecified atom stereocenters. The minimum atomic E-state index is -2.87. The highest BCUT2D eigenvalue weighted by Gasteiger charge is 2.60. The zero-order valence-corrected chi connectivity index (χ0v) is 25.5. The summed E-state index contributed by atoms with van der Waals surface area (Å²) in [5.41, 5.74) is 2.16. The van der Waals surface area contributed by atoms with Crippen molar-refractivity contribution in [2.24, 2.45) is 0 Å². The van der Waals surface area contributed by atoms with Crippen LogP contribution in [0.5, 0.6) is 5.75 Å². The summed E-state index contributed by atoms with van der Waals surface area (Å²) in [6.07, 6.45) is 0. The van der Waals surface area contributed by atoms with Gasteiger partial charge >= 0.3 is 0 Å². The first-order chi connectivity index (χ1) is 17.2. The molecule has 4 aromatic rings. The Labute approximate surface area is 223 Å². The summed E-state index contributed by atoms with van der Waals surface area (Å²) in [7, 11) is -3.79. The van der Waals surface area contributed by atoms with Gasteiger partial charge in [-0.3, -0.25) is 0 Å². The van der Waals surface area contributed by atoms with Crippen molar-refractivity contribution in [3.63, 3.8) is 0 Å². The van der Waals surface area contributed by atoms with Crippen molar-refractivity contribution in [1.82, 2.24) is 0 Å². The van der Waals surface area contributed by atoms with Gasteiger partial charge in [-0.15, -0.1) is 0 Å². The van der Waals surface area contributed by atoms with Crippen molar-refractivity contribution in [3.8, 4) is 16.9 Å². The van der Waals surface area contributed by atoms with Crippen LogP contribution >= 0.6 is 15.1 Å². The molecule has 1 aliphatic heterocycles. The Bertz CT molecular complexity index is 1480. The number of hydrogen-bond donors (Lipinski definition) is 0. The highest BCUT2D eigenvalue weighted by molar-refractivity contribution is 7.84. The maximum Gasteiger partial charge on any atom is 0.174 e. The van der Waals surface area contributed by atoms with E-state index in [2.05, 4.69) is 135 Å². The Balaban J connectivity index is 1.87. The zero-order valence-electron chi connectivity index (χ0n) is 23.7. The zero-order chi connectivity index (χ0) is 27.0. The van der Waals surface area contributed by atoms with Crippen LogP contribution in [0.2, 0.25) is 0 Å². The molecule has 2 nitrogen and oxygen atoms in total. The number of benzene rings is 4. The van der Waals surface area contributed by atoms with Crippen molar-refractivity contribution < 1.29 is 9.30 Å². The van der Waals surface area contributed by atoms with Gasteiger partial charge in [-0.2, -0.15) is 0 Å². The Morgan fingerprint density at radius 3 is 1.70 bits per heavy atom. The van der Waals surface area contributed by atoms with E-state index in [1.807, 2.05) is 0 Å². The molecule has 2 atom stereocenters. The molecule has 1 heterocycles. The standard InChI is InChI=1S/C33H40O2P2/c1-31(2,3)36-29-26(28-24-17-12-10-15-22(24)21-23-16-11-13-18-25(23)28)19-14-20-27(29)35-30(36)37(34,32(4,5)6)33(7,8)9/h10-21,30H,1-9H3/t30-,36-/m0/s1. The molecule has 0 radical (unpaired) electrons. The quantitative estimate of drug-likeness (QED) is 0.190. The highest BCUT2D eigenvalue weighted by Crippen LogP contribution is 2.80. The molecular weight excluding hydrogens is 490 g/mol. The number of fused-ring (bicyclic) bond motifs is 3. The average molecular weight is 531 g/mol. The van der Waals surface area contributed by atoms with Crippen LogP contribution in [-0.2, 0) is 4.57 Å². The van der Waals surface area contributed by atoms with E-state index in [9.17, 15) is 0 Å². The van der Waals surface area contributed by atoms with E-state index < -0.39 is 15.1 Å². The Hall–Kier alpha value is -2.14. The van der Waals surface area contributed by atoms with Crippen LogP contribution in [0.4, 0.5) is 0 Å². The molecule has 0 amide bonds. The van der Waals surface area contributed by atoms with Crippen molar-refractivity contribution in [1.29, 1.82) is 0 Å². The first-order valence-corrected chi connectivity index (χ1v) is 16.4. The summed E-state index contributed by atoms with van der Waals surface area (Å²) in [5, 5.41) is 5.39. The molecule has 0 spiro atoms. The molecule has 0 aromatic heterocycles. The summed E-state index contributed by atoms with van der Waals surface area (Å²) in [4.78, 5) is 0. The maximum absolute atomic E-state index is 15.3. The SMILES string of the molecule is CC(C)(C)[P@@]1c2c(cccc2-c2c3ccccc3cc3ccccc23)O[C@@H]1P(=O)(C(C)(C)C)C(C)(C)C. The highest BCUT2D eigenvalue weighted by atomic mass is 31.2. The smallest absolute Gasteiger partial charge is 0.174 e. The average Bonchev–Trinajstić information content (AvgIpc) is 3.21. The summed E-state index contributed by atoms with van der Waals surface area (Å²) >= 11 is 0. The molecule has 194 valence electrons. The Morgan fingerprint density at radius 1 is 0.703 bits per heavy atom. The normalized spacial score (nSPS) is 18.7. The Kier molecular flexibility index (Phi) is 6.22. The predicted octanol–water partition coefficient (Wildman–Crippen LogP) is 10.2. The maximum atomic E-state index is 15.3. The summed E-state index contributed by atoms with van der Waals surface area (Å²) in [6.45, 7) is 19.7. The number of ether oxygens (including phenoxy) is 1. The molecule has 1 aliphatic rings. The van der Waals surface area contributed by atoms with Crippen LogP contribution in [-0.4, -0.2) is 21.1 Å². The van der Waals surface area contributed by atoms with Crippen LogP contribution < -0.4 is 10.0 Å². The largest absolute Gasteiger partial charge is 0.477 e. The van der Waals surface area contributed by atoms with E-state index in [1.165, 1.54) is 38.0 Å². The molecule has 0 bridgehead atoms. The van der Waals surface area contributed by atoms with E-state index >= 15 is 4.57 Å². The van der Waals surface area contributed by atoms with Crippen LogP contribution in [0.1, 0.15) is 62.3 Å². The van der Waals surface area contributed by atoms with Crippen LogP contribution in [0, 0.1) is 0 Å². The van der Waals surface area contributed by atoms with Gasteiger partial charge in [-0.25, -0.2) is 0 Å². The van der Waals surface area contributed by atoms with Crippen LogP contribution in [0.15, 0.2) is 72.8 Å². The van der Waals surface area contributed by atoms with E-state index in [0.717, 1.165) is 5.75 Å². The first-order valence-electron chi connectivity index (χ1n) is 13.3. The molecule has 5 rings (SSSR count). The van der Waals surface area contributed by atoms with Gasteiger partial charge in [0.15, 0.2) is 5.59 Å². The third-order valence-electron chi connectivity index (χ3n) is 7.76. The molecule has 4 heteroatoms. The van der Waals surface area contributed by atoms with Crippen molar-refractivity contribution in [3.05, 3.63) is 72.8 Å². The van der Waals surface area contributed by atoms with Crippen LogP contribution in [0.3, 0.4) is 0 Å². The van der Waals surface area contributed by atoms with E-state index in [1.54, 1.807) is 0 Å². The number of hydrogen-bond acceptors (Lipinski definition) is 2. The third-order valence-corrected chi connectivity index (χ3v) is 17.1. The molecule has 0 saturated heterocycles. The fourth-order valence-electron chi connectivity index (χ4n) is 6.22. The second-order valence-electron chi connectivity index (χ2n) is 13.3. The second kappa shape index (κ2) is 8.69. The topological polar surface area (TPSA) is 26.3 Å². The van der Waals surface area contributed by atoms with E-state index in [0.29, 0.717) is 0 Å². The number of rotatable bonds is 2. The summed E-state index contributed by atoms with van der Waals surface area (Å²) in [6, 6.07) is 26.1. The summed E-state index contributed by atoms with van der Waals surface area (Å²) in [5.74, 6) is 0.911. The molecule has 0 aliphatic carbocycles. The van der Waals surface area contributed by atoms with Crippen molar-refractivity contribution in [2.45, 2.75) is 83.4 Å². The van der Waals surface area contributed by atoms with Gasteiger partial charge in [0.25, 0.3) is 0 Å². The van der Waals surface area contributed by atoms with Crippen molar-refractivity contribution >= 4 is 41.9 Å². The van der Waals surface area contributed by atoms with Crippen molar-refractivity contribution in [2.75, 3.05) is 0 Å². The lowest BCUT2D eigenvalue weighted by molar-refractivity contribution is 0.341. The first kappa shape index (κ1) is 26.5. The van der Waals surface area contributed by atoms with Gasteiger partial charge in [-0.1, -0.05) is 123 Å². The van der Waals surface area contributed by atoms with Gasteiger partial charge in [0.2, 0.25) is 0 Å². The fraction of sp³-hybridized carbons (Fsp3) is 0.394. The van der Waals surface area contributed by atoms with Gasteiger partial charge < -0.3 is 9.30 Å². The molecule has 4 aromatic carbocycles. The lowest BCUT2D eigenvalue weighted by Gasteiger charge is -2.47. The lowest BCUT2D eigenvalue weighted by Crippen LogP contribution is -2.38. The minimum absolute atomic E-state index is 0.0894. The van der Waals surface area contributed by atoms with Gasteiger partial charge in [-0.05, 0) is 57.9 Å². The molecule has 37 heavy (non-hydrogen) atoms. The molecule has 0 saturated carbocycles. The van der Waals surface area contributed by atoms with Gasteiger partial charge in [0, 0.05) is 15.6 Å². The third kappa shape index (κ3) is 4.07. The molecule has 0 N–H and O–H groups in total. The molecule has 0 fully saturated rings. The van der Waals surface area contributed by atoms with Gasteiger partial charge in [0.1, 0.15) is 12.9 Å². The lowest BCUT2D eigenvalue weighted by atomic mass is 9.92. The van der Waals surface area contributed by atoms with Crippen LogP contribution in [0.25, 0.3) is 32.7 Å². The summed E-state index contributed by atoms with van der Waals surface area (Å²) < 4.78 is 22.3. The monoisotopic (exact) mass is 530 g/mol. The fourth-order valence-corrected chi connectivity index (χ4v) is 17.2. The Morgan fingerprint density at radius 2 is 1.22 bits per heavy atom. The second-order valence-corrected chi connectivity index (χ2v) is 21.2. The van der Waals surface area contributed by atoms with Gasteiger partial charge in [0.05, 0.1) is 0 Å². The van der Waals surface area contributed by atoms with E-state index in [4.69, 9.17) is 4.74 Å². The van der Waals surface area contributed by atoms with E-state index in [-0.39, 0.29) is 21.1 Å². The minimum Gasteiger partial charge on any atom is -0.477 e. The predicted molar refractivity (Wildman–Crippen MR) is 165 cm³/mol.